The number of ketones is 2. The van der Waals surface area contributed by atoms with Gasteiger partial charge in [0.2, 0.25) is 11.8 Å². The number of carbonyl (C=O) groups excluding carboxylic acids is 4. The van der Waals surface area contributed by atoms with Crippen LogP contribution in [0.4, 0.5) is 5.69 Å². The lowest BCUT2D eigenvalue weighted by Crippen LogP contribution is -2.58. The molecule has 9 rings (SSSR count). The quantitative estimate of drug-likeness (QED) is 0.159. The summed E-state index contributed by atoms with van der Waals surface area (Å²) in [6.45, 7) is 0. The number of phenolic OH excluding ortho intramolecular Hbond substituents is 1. The maximum atomic E-state index is 15.3. The Morgan fingerprint density at radius 2 is 1.34 bits per heavy atom. The van der Waals surface area contributed by atoms with Crippen LogP contribution in [0.1, 0.15) is 35.4 Å². The zero-order valence-electron chi connectivity index (χ0n) is 27.1. The number of hydrogen-bond donors (Lipinski definition) is 1. The molecular formula is C44H33NO5. The minimum atomic E-state index is -1.42. The number of phenols is 1. The highest BCUT2D eigenvalue weighted by molar-refractivity contribution is 6.32. The molecule has 0 radical (unpaired) electrons. The summed E-state index contributed by atoms with van der Waals surface area (Å²) in [5.74, 6) is -4.42. The highest BCUT2D eigenvalue weighted by Crippen LogP contribution is 2.65. The Balaban J connectivity index is 1.33. The van der Waals surface area contributed by atoms with E-state index in [9.17, 15) is 14.7 Å². The Morgan fingerprint density at radius 3 is 2.08 bits per heavy atom. The molecule has 1 aliphatic heterocycles. The molecule has 1 N–H and O–H groups in total. The van der Waals surface area contributed by atoms with E-state index in [4.69, 9.17) is 0 Å². The Labute approximate surface area is 289 Å². The van der Waals surface area contributed by atoms with Gasteiger partial charge in [0.25, 0.3) is 0 Å². The smallest absolute Gasteiger partial charge is 0.238 e. The number of amides is 2. The van der Waals surface area contributed by atoms with Crippen molar-refractivity contribution in [3.8, 4) is 5.75 Å². The molecule has 6 heteroatoms. The van der Waals surface area contributed by atoms with Gasteiger partial charge in [0.05, 0.1) is 22.9 Å². The largest absolute Gasteiger partial charge is 0.508 e. The SMILES string of the molecule is O=C1C(c2ccccc2)=CC(=O)C2(c3ccccc3)C1CC1C(=CCC3C(=O)N(c4ccccc4)C(=O)C31)C2c1c(O)ccc2ccccc12. The van der Waals surface area contributed by atoms with Crippen LogP contribution in [0.25, 0.3) is 16.3 Å². The van der Waals surface area contributed by atoms with Gasteiger partial charge in [0.15, 0.2) is 11.6 Å². The molecule has 6 unspecified atom stereocenters. The average molecular weight is 656 g/mol. The molecule has 3 aliphatic carbocycles. The first-order chi connectivity index (χ1) is 24.4. The highest BCUT2D eigenvalue weighted by Gasteiger charge is 2.66. The fraction of sp³-hybridized carbons (Fsp3) is 0.182. The summed E-state index contributed by atoms with van der Waals surface area (Å²) < 4.78 is 0. The maximum Gasteiger partial charge on any atom is 0.238 e. The van der Waals surface area contributed by atoms with Crippen molar-refractivity contribution in [2.24, 2.45) is 23.7 Å². The van der Waals surface area contributed by atoms with Crippen LogP contribution in [0.5, 0.6) is 5.75 Å². The van der Waals surface area contributed by atoms with Crippen molar-refractivity contribution >= 4 is 45.4 Å². The molecule has 1 saturated heterocycles. The first-order valence-corrected chi connectivity index (χ1v) is 17.2. The Hall–Kier alpha value is -5.88. The van der Waals surface area contributed by atoms with Crippen molar-refractivity contribution < 1.29 is 24.3 Å². The zero-order chi connectivity index (χ0) is 34.1. The van der Waals surface area contributed by atoms with Crippen molar-refractivity contribution in [2.45, 2.75) is 24.2 Å². The van der Waals surface area contributed by atoms with E-state index in [1.165, 1.54) is 11.0 Å². The third-order valence-corrected chi connectivity index (χ3v) is 11.6. The van der Waals surface area contributed by atoms with E-state index in [1.807, 2.05) is 103 Å². The predicted octanol–water partition coefficient (Wildman–Crippen LogP) is 7.57. The summed E-state index contributed by atoms with van der Waals surface area (Å²) in [5, 5.41) is 13.5. The molecule has 4 aliphatic rings. The second-order valence-corrected chi connectivity index (χ2v) is 13.9. The van der Waals surface area contributed by atoms with Crippen LogP contribution in [0.3, 0.4) is 0 Å². The molecule has 6 nitrogen and oxygen atoms in total. The molecule has 1 heterocycles. The molecule has 5 aromatic rings. The van der Waals surface area contributed by atoms with Gasteiger partial charge in [0, 0.05) is 23.0 Å². The minimum absolute atomic E-state index is 0.0178. The van der Waals surface area contributed by atoms with Gasteiger partial charge in [-0.05, 0) is 64.9 Å². The lowest BCUT2D eigenvalue weighted by atomic mass is 9.44. The Morgan fingerprint density at radius 1 is 0.680 bits per heavy atom. The summed E-state index contributed by atoms with van der Waals surface area (Å²) >= 11 is 0. The summed E-state index contributed by atoms with van der Waals surface area (Å²) in [6, 6.07) is 38.9. The predicted molar refractivity (Wildman–Crippen MR) is 191 cm³/mol. The number of nitrogens with zero attached hydrogens (tertiary/aromatic N) is 1. The molecule has 2 amide bonds. The van der Waals surface area contributed by atoms with E-state index in [0.29, 0.717) is 34.4 Å². The molecule has 2 fully saturated rings. The standard InChI is InChI=1S/C44H33NO5/c46-36-23-20-27-14-10-11-19-30(27)39(36)40-31-21-22-32-38(43(50)45(42(32)49)29-17-8-3-9-18-29)34(31)24-35-41(48)33(26-12-4-1-5-13-26)25-37(47)44(35,40)28-15-6-2-7-16-28/h1-21,23,25,32,34-35,38,40,46H,22,24H2. The topological polar surface area (TPSA) is 91.8 Å². The normalized spacial score (nSPS) is 27.4. The van der Waals surface area contributed by atoms with Gasteiger partial charge >= 0.3 is 0 Å². The maximum absolute atomic E-state index is 15.3. The molecular weight excluding hydrogens is 622 g/mol. The van der Waals surface area contributed by atoms with E-state index in [1.54, 1.807) is 30.3 Å². The number of imide groups is 1. The molecule has 5 aromatic carbocycles. The van der Waals surface area contributed by atoms with Crippen LogP contribution in [-0.4, -0.2) is 28.5 Å². The van der Waals surface area contributed by atoms with Gasteiger partial charge in [-0.2, -0.15) is 0 Å². The first kappa shape index (κ1) is 30.2. The number of aromatic hydroxyl groups is 1. The number of hydrogen-bond acceptors (Lipinski definition) is 5. The minimum Gasteiger partial charge on any atom is -0.508 e. The fourth-order valence-electron chi connectivity index (χ4n) is 9.61. The average Bonchev–Trinajstić information content (AvgIpc) is 3.42. The number of rotatable bonds is 4. The van der Waals surface area contributed by atoms with E-state index >= 15 is 9.59 Å². The third-order valence-electron chi connectivity index (χ3n) is 11.6. The number of benzene rings is 5. The molecule has 1 saturated carbocycles. The van der Waals surface area contributed by atoms with E-state index in [-0.39, 0.29) is 35.6 Å². The van der Waals surface area contributed by atoms with Crippen LogP contribution < -0.4 is 4.90 Å². The van der Waals surface area contributed by atoms with Crippen LogP contribution in [0, 0.1) is 23.7 Å². The van der Waals surface area contributed by atoms with Gasteiger partial charge in [0.1, 0.15) is 5.75 Å². The van der Waals surface area contributed by atoms with Gasteiger partial charge in [-0.1, -0.05) is 121 Å². The Kier molecular flexibility index (Phi) is 6.85. The summed E-state index contributed by atoms with van der Waals surface area (Å²) in [5.41, 5.74) is 2.17. The van der Waals surface area contributed by atoms with Gasteiger partial charge in [-0.3, -0.25) is 24.1 Å². The van der Waals surface area contributed by atoms with Crippen LogP contribution >= 0.6 is 0 Å². The Bertz CT molecular complexity index is 2290. The van der Waals surface area contributed by atoms with Gasteiger partial charge in [-0.15, -0.1) is 0 Å². The van der Waals surface area contributed by atoms with Crippen molar-refractivity contribution in [3.63, 3.8) is 0 Å². The summed E-state index contributed by atoms with van der Waals surface area (Å²) in [6.07, 6.45) is 4.06. The van der Waals surface area contributed by atoms with Crippen molar-refractivity contribution in [1.82, 2.24) is 0 Å². The molecule has 244 valence electrons. The number of allylic oxidation sites excluding steroid dienone is 4. The summed E-state index contributed by atoms with van der Waals surface area (Å²) in [7, 11) is 0. The summed E-state index contributed by atoms with van der Waals surface area (Å²) in [4.78, 5) is 60.3. The lowest BCUT2D eigenvalue weighted by molar-refractivity contribution is -0.135. The van der Waals surface area contributed by atoms with E-state index in [0.717, 1.165) is 16.3 Å². The molecule has 50 heavy (non-hydrogen) atoms. The van der Waals surface area contributed by atoms with Crippen molar-refractivity contribution in [2.75, 3.05) is 4.90 Å². The highest BCUT2D eigenvalue weighted by atomic mass is 16.3. The lowest BCUT2D eigenvalue weighted by Gasteiger charge is -2.55. The van der Waals surface area contributed by atoms with Crippen LogP contribution in [0.15, 0.2) is 145 Å². The fourth-order valence-corrected chi connectivity index (χ4v) is 9.61. The van der Waals surface area contributed by atoms with Crippen LogP contribution in [0.2, 0.25) is 0 Å². The third kappa shape index (κ3) is 4.14. The molecule has 0 spiro atoms. The number of carbonyl (C=O) groups is 4. The number of anilines is 1. The molecule has 0 bridgehead atoms. The van der Waals surface area contributed by atoms with Gasteiger partial charge < -0.3 is 5.11 Å². The number of Topliss-reactive ketones (excluding diaryl/α,β-unsaturated/α-hetero) is 1. The van der Waals surface area contributed by atoms with Crippen molar-refractivity contribution in [1.29, 1.82) is 0 Å². The molecule has 6 atom stereocenters. The van der Waals surface area contributed by atoms with Crippen molar-refractivity contribution in [3.05, 3.63) is 162 Å². The van der Waals surface area contributed by atoms with E-state index < -0.39 is 35.0 Å². The van der Waals surface area contributed by atoms with Gasteiger partial charge in [-0.25, -0.2) is 0 Å². The van der Waals surface area contributed by atoms with E-state index in [2.05, 4.69) is 0 Å². The van der Waals surface area contributed by atoms with Crippen LogP contribution in [-0.2, 0) is 24.6 Å². The first-order valence-electron chi connectivity index (χ1n) is 17.2. The molecule has 0 aromatic heterocycles. The number of para-hydroxylation sites is 1. The second-order valence-electron chi connectivity index (χ2n) is 13.9. The zero-order valence-corrected chi connectivity index (χ0v) is 27.1. The monoisotopic (exact) mass is 655 g/mol. The second kappa shape index (κ2) is 11.3. The number of fused-ring (bicyclic) bond motifs is 5.